The van der Waals surface area contributed by atoms with Crippen LogP contribution in [-0.2, 0) is 5.41 Å². The Labute approximate surface area is 143 Å². The summed E-state index contributed by atoms with van der Waals surface area (Å²) in [5.41, 5.74) is 2.95. The molecule has 1 aromatic carbocycles. The lowest BCUT2D eigenvalue weighted by molar-refractivity contribution is 0.417. The van der Waals surface area contributed by atoms with Gasteiger partial charge in [0.1, 0.15) is 10.4 Å². The zero-order chi connectivity index (χ0) is 15.9. The van der Waals surface area contributed by atoms with Crippen LogP contribution in [0, 0.1) is 5.82 Å². The van der Waals surface area contributed by atoms with Gasteiger partial charge in [0.05, 0.1) is 16.4 Å². The molecule has 1 aliphatic heterocycles. The summed E-state index contributed by atoms with van der Waals surface area (Å²) in [5, 5.41) is 0.148. The van der Waals surface area contributed by atoms with Crippen LogP contribution in [0.4, 0.5) is 15.8 Å². The highest BCUT2D eigenvalue weighted by atomic mass is 79.9. The lowest BCUT2D eigenvalue weighted by Crippen LogP contribution is -2.30. The molecule has 0 atom stereocenters. The van der Waals surface area contributed by atoms with Gasteiger partial charge in [-0.3, -0.25) is 0 Å². The Morgan fingerprint density at radius 3 is 2.64 bits per heavy atom. The Kier molecular flexibility index (Phi) is 4.17. The second kappa shape index (κ2) is 5.82. The third-order valence-electron chi connectivity index (χ3n) is 4.66. The van der Waals surface area contributed by atoms with Crippen molar-refractivity contribution < 1.29 is 4.39 Å². The minimum absolute atomic E-state index is 0.00474. The maximum absolute atomic E-state index is 13.8. The summed E-state index contributed by atoms with van der Waals surface area (Å²) in [6.07, 6.45) is 1.99. The quantitative estimate of drug-likeness (QED) is 0.618. The summed E-state index contributed by atoms with van der Waals surface area (Å²) in [6.45, 7) is 5.17. The molecule has 116 valence electrons. The molecule has 0 radical (unpaired) electrons. The topological polar surface area (TPSA) is 16.1 Å². The fourth-order valence-electron chi connectivity index (χ4n) is 3.19. The predicted molar refractivity (Wildman–Crippen MR) is 92.6 cm³/mol. The maximum atomic E-state index is 13.8. The molecule has 1 aliphatic rings. The lowest BCUT2D eigenvalue weighted by Gasteiger charge is -2.27. The van der Waals surface area contributed by atoms with Gasteiger partial charge in [0.2, 0.25) is 0 Å². The fraction of sp³-hybridized carbons (Fsp3) is 0.353. The Hall–Kier alpha value is -1.13. The van der Waals surface area contributed by atoms with Gasteiger partial charge in [0.25, 0.3) is 0 Å². The van der Waals surface area contributed by atoms with E-state index in [9.17, 15) is 4.39 Å². The van der Waals surface area contributed by atoms with Crippen LogP contribution in [0.3, 0.4) is 0 Å². The van der Waals surface area contributed by atoms with Crippen LogP contribution in [0.15, 0.2) is 34.9 Å². The van der Waals surface area contributed by atoms with Gasteiger partial charge in [-0.1, -0.05) is 25.4 Å². The van der Waals surface area contributed by atoms with Crippen molar-refractivity contribution in [3.05, 3.63) is 51.5 Å². The predicted octanol–water partition coefficient (Wildman–Crippen LogP) is 5.85. The van der Waals surface area contributed by atoms with Crippen LogP contribution in [0.1, 0.15) is 32.4 Å². The lowest BCUT2D eigenvalue weighted by atomic mass is 9.80. The van der Waals surface area contributed by atoms with Gasteiger partial charge in [0.15, 0.2) is 0 Å². The Morgan fingerprint density at radius 1 is 1.27 bits per heavy atom. The highest BCUT2D eigenvalue weighted by molar-refractivity contribution is 9.10. The molecule has 0 aliphatic carbocycles. The van der Waals surface area contributed by atoms with Crippen LogP contribution >= 0.6 is 27.5 Å². The van der Waals surface area contributed by atoms with Crippen molar-refractivity contribution in [2.24, 2.45) is 0 Å². The van der Waals surface area contributed by atoms with Gasteiger partial charge in [0, 0.05) is 17.6 Å². The zero-order valence-corrected chi connectivity index (χ0v) is 14.9. The third-order valence-corrected chi connectivity index (χ3v) is 5.41. The minimum atomic E-state index is -0.392. The molecule has 0 N–H and O–H groups in total. The number of hydrogen-bond donors (Lipinski definition) is 0. The number of benzene rings is 1. The maximum Gasteiger partial charge on any atom is 0.143 e. The van der Waals surface area contributed by atoms with Gasteiger partial charge < -0.3 is 4.90 Å². The molecule has 2 aromatic rings. The van der Waals surface area contributed by atoms with Crippen LogP contribution in [0.2, 0.25) is 5.02 Å². The van der Waals surface area contributed by atoms with Gasteiger partial charge in [-0.2, -0.15) is 0 Å². The standard InChI is InChI=1S/C17H17BrClFN2/c1-3-17(4-2)10-22(11-5-6-12(19)13(20)9-11)14-7-8-15(18)21-16(14)17/h5-9H,3-4,10H2,1-2H3. The molecule has 2 nitrogen and oxygen atoms in total. The molecule has 0 saturated heterocycles. The highest BCUT2D eigenvalue weighted by Gasteiger charge is 2.42. The first-order valence-corrected chi connectivity index (χ1v) is 8.57. The number of hydrogen-bond acceptors (Lipinski definition) is 2. The van der Waals surface area contributed by atoms with Gasteiger partial charge in [-0.25, -0.2) is 9.37 Å². The first-order chi connectivity index (χ1) is 10.5. The van der Waals surface area contributed by atoms with E-state index in [1.165, 1.54) is 6.07 Å². The van der Waals surface area contributed by atoms with Crippen molar-refractivity contribution in [2.45, 2.75) is 32.1 Å². The molecule has 1 aromatic heterocycles. The van der Waals surface area contributed by atoms with Gasteiger partial charge in [-0.05, 0) is 59.1 Å². The van der Waals surface area contributed by atoms with E-state index in [0.717, 1.165) is 41.1 Å². The molecule has 2 heterocycles. The summed E-state index contributed by atoms with van der Waals surface area (Å²) in [5.74, 6) is -0.392. The zero-order valence-electron chi connectivity index (χ0n) is 12.5. The Morgan fingerprint density at radius 2 is 2.00 bits per heavy atom. The summed E-state index contributed by atoms with van der Waals surface area (Å²) in [7, 11) is 0. The van der Waals surface area contributed by atoms with Crippen LogP contribution in [-0.4, -0.2) is 11.5 Å². The molecule has 0 bridgehead atoms. The normalized spacial score (nSPS) is 16.0. The SMILES string of the molecule is CCC1(CC)CN(c2ccc(Cl)c(F)c2)c2ccc(Br)nc21. The van der Waals surface area contributed by atoms with Crippen molar-refractivity contribution >= 4 is 38.9 Å². The van der Waals surface area contributed by atoms with Crippen molar-refractivity contribution in [2.75, 3.05) is 11.4 Å². The Balaban J connectivity index is 2.14. The molecular weight excluding hydrogens is 367 g/mol. The highest BCUT2D eigenvalue weighted by Crippen LogP contribution is 2.47. The van der Waals surface area contributed by atoms with Gasteiger partial charge in [-0.15, -0.1) is 0 Å². The summed E-state index contributed by atoms with van der Waals surface area (Å²) in [4.78, 5) is 6.86. The summed E-state index contributed by atoms with van der Waals surface area (Å²) >= 11 is 9.27. The molecule has 0 saturated carbocycles. The van der Waals surface area contributed by atoms with Crippen LogP contribution in [0.25, 0.3) is 0 Å². The molecular formula is C17H17BrClFN2. The number of pyridine rings is 1. The second-order valence-corrected chi connectivity index (χ2v) is 6.89. The van der Waals surface area contributed by atoms with E-state index < -0.39 is 5.82 Å². The van der Waals surface area contributed by atoms with E-state index >= 15 is 0 Å². The average molecular weight is 384 g/mol. The van der Waals surface area contributed by atoms with E-state index in [1.807, 2.05) is 18.2 Å². The van der Waals surface area contributed by atoms with E-state index in [-0.39, 0.29) is 10.4 Å². The van der Waals surface area contributed by atoms with Crippen molar-refractivity contribution in [1.29, 1.82) is 0 Å². The molecule has 0 amide bonds. The molecule has 0 fully saturated rings. The van der Waals surface area contributed by atoms with E-state index in [2.05, 4.69) is 34.7 Å². The monoisotopic (exact) mass is 382 g/mol. The fourth-order valence-corrected chi connectivity index (χ4v) is 3.62. The number of anilines is 2. The number of fused-ring (bicyclic) bond motifs is 1. The van der Waals surface area contributed by atoms with Crippen molar-refractivity contribution in [1.82, 2.24) is 4.98 Å². The summed E-state index contributed by atoms with van der Waals surface area (Å²) in [6, 6.07) is 8.94. The van der Waals surface area contributed by atoms with E-state index in [4.69, 9.17) is 16.6 Å². The number of aromatic nitrogens is 1. The number of rotatable bonds is 3. The van der Waals surface area contributed by atoms with Crippen LogP contribution in [0.5, 0.6) is 0 Å². The van der Waals surface area contributed by atoms with Crippen molar-refractivity contribution in [3.8, 4) is 0 Å². The first kappa shape index (κ1) is 15.8. The third kappa shape index (κ3) is 2.42. The number of halogens is 3. The first-order valence-electron chi connectivity index (χ1n) is 7.40. The molecule has 0 unspecified atom stereocenters. The largest absolute Gasteiger partial charge is 0.339 e. The van der Waals surface area contributed by atoms with E-state index in [0.29, 0.717) is 0 Å². The molecule has 22 heavy (non-hydrogen) atoms. The molecule has 3 rings (SSSR count). The Bertz CT molecular complexity index is 716. The summed E-state index contributed by atoms with van der Waals surface area (Å²) < 4.78 is 14.7. The van der Waals surface area contributed by atoms with Gasteiger partial charge >= 0.3 is 0 Å². The minimum Gasteiger partial charge on any atom is -0.339 e. The smallest absolute Gasteiger partial charge is 0.143 e. The van der Waals surface area contributed by atoms with Crippen molar-refractivity contribution in [3.63, 3.8) is 0 Å². The average Bonchev–Trinajstić information content (AvgIpc) is 2.84. The molecule has 0 spiro atoms. The number of nitrogens with zero attached hydrogens (tertiary/aromatic N) is 2. The second-order valence-electron chi connectivity index (χ2n) is 5.67. The van der Waals surface area contributed by atoms with Crippen LogP contribution < -0.4 is 4.90 Å². The van der Waals surface area contributed by atoms with E-state index in [1.54, 1.807) is 6.07 Å². The molecule has 5 heteroatoms.